The smallest absolute Gasteiger partial charge is 1.00 e. The summed E-state index contributed by atoms with van der Waals surface area (Å²) >= 11 is 0. The van der Waals surface area contributed by atoms with Gasteiger partial charge in [-0.05, 0) is 12.5 Å². The van der Waals surface area contributed by atoms with Crippen molar-refractivity contribution >= 4 is 8.07 Å². The summed E-state index contributed by atoms with van der Waals surface area (Å²) in [5.41, 5.74) is 7.11. The molecule has 0 nitrogen and oxygen atoms in total. The van der Waals surface area contributed by atoms with Crippen molar-refractivity contribution in [2.75, 3.05) is 0 Å². The maximum Gasteiger partial charge on any atom is 4.00 e. The number of halogens is 2. The van der Waals surface area contributed by atoms with Crippen molar-refractivity contribution in [2.24, 2.45) is 5.41 Å². The Labute approximate surface area is 195 Å². The molecule has 0 heterocycles. The first-order chi connectivity index (χ1) is 10.4. The van der Waals surface area contributed by atoms with Crippen LogP contribution in [0, 0.1) is 17.6 Å². The third-order valence-corrected chi connectivity index (χ3v) is 6.11. The van der Waals surface area contributed by atoms with Crippen LogP contribution in [0.3, 0.4) is 0 Å². The number of allylic oxidation sites excluding steroid dienone is 9. The van der Waals surface area contributed by atoms with E-state index in [1.54, 1.807) is 0 Å². The quantitative estimate of drug-likeness (QED) is 0.316. The van der Waals surface area contributed by atoms with Crippen molar-refractivity contribution in [1.82, 2.24) is 0 Å². The van der Waals surface area contributed by atoms with Crippen LogP contribution in [0.25, 0.3) is 0 Å². The van der Waals surface area contributed by atoms with Crippen LogP contribution in [0.2, 0.25) is 25.7 Å². The van der Waals surface area contributed by atoms with E-state index in [4.69, 9.17) is 0 Å². The zero-order valence-corrected chi connectivity index (χ0v) is 22.7. The van der Waals surface area contributed by atoms with Gasteiger partial charge < -0.3 is 24.8 Å². The Bertz CT molecular complexity index is 588. The van der Waals surface area contributed by atoms with E-state index >= 15 is 0 Å². The first-order valence-corrected chi connectivity index (χ1v) is 12.4. The molecule has 144 valence electrons. The van der Waals surface area contributed by atoms with E-state index in [0.29, 0.717) is 0 Å². The molecule has 2 aliphatic carbocycles. The number of hydrogen-bond acceptors (Lipinski definition) is 0. The van der Waals surface area contributed by atoms with Gasteiger partial charge in [-0.2, -0.15) is 17.2 Å². The molecule has 0 radical (unpaired) electrons. The van der Waals surface area contributed by atoms with Crippen molar-refractivity contribution in [1.29, 1.82) is 0 Å². The second-order valence-electron chi connectivity index (χ2n) is 8.60. The fourth-order valence-electron chi connectivity index (χ4n) is 3.06. The van der Waals surface area contributed by atoms with E-state index in [9.17, 15) is 0 Å². The maximum absolute atomic E-state index is 4.14. The SMILES string of the molecule is C=C(CC1=[C-]CC=C1)C[Si](C)(C)C.CC1=[C-]C(C)(C)C(C)=C1C.[Cl-].[Cl-].[Zr+4]. The van der Waals surface area contributed by atoms with Crippen LogP contribution in [-0.4, -0.2) is 8.07 Å². The van der Waals surface area contributed by atoms with Crippen LogP contribution in [0.15, 0.2) is 46.6 Å². The van der Waals surface area contributed by atoms with Crippen molar-refractivity contribution in [2.45, 2.75) is 73.1 Å². The first kappa shape index (κ1) is 31.1. The zero-order chi connectivity index (χ0) is 17.8. The van der Waals surface area contributed by atoms with Gasteiger partial charge in [0.15, 0.2) is 0 Å². The molecule has 0 saturated carbocycles. The Morgan fingerprint density at radius 1 is 1.15 bits per heavy atom. The van der Waals surface area contributed by atoms with Crippen LogP contribution >= 0.6 is 0 Å². The van der Waals surface area contributed by atoms with Crippen LogP contribution in [0.4, 0.5) is 0 Å². The van der Waals surface area contributed by atoms with E-state index in [2.05, 4.69) is 85.1 Å². The standard InChI is InChI=1S/C12H19Si.C10H15.2ClH.Zr/c1-11(10-13(2,3)4)9-12-7-5-6-8-12;1-7-6-10(4,5)9(3)8(7)2;;;/h5,7H,1,6,9-10H2,2-4H3;1-5H3;2*1H;/q2*-1;;;+4/p-2. The molecule has 4 heteroatoms. The molecule has 0 aromatic rings. The number of rotatable bonds is 4. The Hall–Kier alpha value is 0.380. The summed E-state index contributed by atoms with van der Waals surface area (Å²) in [4.78, 5) is 0. The van der Waals surface area contributed by atoms with Gasteiger partial charge in [0, 0.05) is 8.07 Å². The average Bonchev–Trinajstić information content (AvgIpc) is 2.92. The van der Waals surface area contributed by atoms with Gasteiger partial charge in [-0.15, -0.1) is 13.3 Å². The third kappa shape index (κ3) is 10.6. The van der Waals surface area contributed by atoms with Gasteiger partial charge in [0.05, 0.1) is 0 Å². The van der Waals surface area contributed by atoms with E-state index in [0.717, 1.165) is 12.8 Å². The predicted molar refractivity (Wildman–Crippen MR) is 107 cm³/mol. The van der Waals surface area contributed by atoms with Crippen molar-refractivity contribution in [3.8, 4) is 0 Å². The first-order valence-electron chi connectivity index (χ1n) is 8.65. The molecule has 2 aliphatic rings. The average molecular weight is 489 g/mol. The molecule has 0 aromatic heterocycles. The van der Waals surface area contributed by atoms with E-state index in [1.165, 1.54) is 33.9 Å². The molecule has 0 bridgehead atoms. The molecule has 0 spiro atoms. The third-order valence-electron chi connectivity index (χ3n) is 4.55. The van der Waals surface area contributed by atoms with Gasteiger partial charge in [-0.25, -0.2) is 17.2 Å². The Morgan fingerprint density at radius 3 is 1.96 bits per heavy atom. The molecule has 0 aliphatic heterocycles. The van der Waals surface area contributed by atoms with Gasteiger partial charge in [0.1, 0.15) is 0 Å². The summed E-state index contributed by atoms with van der Waals surface area (Å²) in [6, 6.07) is 1.24. The van der Waals surface area contributed by atoms with Crippen LogP contribution < -0.4 is 24.8 Å². The minimum absolute atomic E-state index is 0. The van der Waals surface area contributed by atoms with Crippen molar-refractivity contribution in [3.05, 3.63) is 58.7 Å². The molecule has 0 unspecified atom stereocenters. The van der Waals surface area contributed by atoms with Crippen LogP contribution in [0.1, 0.15) is 47.5 Å². The molecule has 0 N–H and O–H groups in total. The fourth-order valence-corrected chi connectivity index (χ4v) is 4.68. The zero-order valence-electron chi connectivity index (χ0n) is 17.7. The molecule has 0 fully saturated rings. The predicted octanol–water partition coefficient (Wildman–Crippen LogP) is 1.08. The second-order valence-corrected chi connectivity index (χ2v) is 14.1. The summed E-state index contributed by atoms with van der Waals surface area (Å²) in [6.07, 6.45) is 13.1. The maximum atomic E-state index is 4.14. The van der Waals surface area contributed by atoms with Crippen molar-refractivity contribution in [3.63, 3.8) is 0 Å². The molecular weight excluding hydrogens is 454 g/mol. The van der Waals surface area contributed by atoms with Gasteiger partial charge in [0.25, 0.3) is 0 Å². The van der Waals surface area contributed by atoms with Crippen LogP contribution in [-0.2, 0) is 26.2 Å². The molecule has 0 aromatic carbocycles. The second kappa shape index (κ2) is 12.8. The van der Waals surface area contributed by atoms with Crippen molar-refractivity contribution < 1.29 is 51.0 Å². The summed E-state index contributed by atoms with van der Waals surface area (Å²) in [5.74, 6) is 0. The summed E-state index contributed by atoms with van der Waals surface area (Å²) < 4.78 is 0. The topological polar surface area (TPSA) is 0 Å². The largest absolute Gasteiger partial charge is 4.00 e. The van der Waals surface area contributed by atoms with Gasteiger partial charge in [-0.3, -0.25) is 12.2 Å². The molecule has 0 amide bonds. The van der Waals surface area contributed by atoms with Crippen LogP contribution in [0.5, 0.6) is 0 Å². The minimum Gasteiger partial charge on any atom is -1.00 e. The minimum atomic E-state index is -0.957. The normalized spacial score (nSPS) is 17.1. The number of hydrogen-bond donors (Lipinski definition) is 0. The fraction of sp³-hybridized carbons (Fsp3) is 0.545. The monoisotopic (exact) mass is 486 g/mol. The molecule has 0 saturated heterocycles. The van der Waals surface area contributed by atoms with Gasteiger partial charge in [-0.1, -0.05) is 64.9 Å². The Morgan fingerprint density at radius 2 is 1.69 bits per heavy atom. The van der Waals surface area contributed by atoms with E-state index in [1.807, 2.05) is 0 Å². The van der Waals surface area contributed by atoms with Gasteiger partial charge in [0.2, 0.25) is 0 Å². The Kier molecular flexibility index (Phi) is 15.3. The van der Waals surface area contributed by atoms with E-state index in [-0.39, 0.29) is 56.4 Å². The molecule has 0 atom stereocenters. The summed E-state index contributed by atoms with van der Waals surface area (Å²) in [7, 11) is -0.957. The van der Waals surface area contributed by atoms with E-state index < -0.39 is 8.07 Å². The van der Waals surface area contributed by atoms with Gasteiger partial charge >= 0.3 is 26.2 Å². The molecule has 2 rings (SSSR count). The summed E-state index contributed by atoms with van der Waals surface area (Å²) in [5, 5.41) is 0. The Balaban J connectivity index is -0.000000374. The molecule has 26 heavy (non-hydrogen) atoms. The summed E-state index contributed by atoms with van der Waals surface area (Å²) in [6.45, 7) is 22.2. The molecular formula is C22H34Cl2SiZr.